The topological polar surface area (TPSA) is 88.6 Å². The fourth-order valence-corrected chi connectivity index (χ4v) is 5.82. The fourth-order valence-electron chi connectivity index (χ4n) is 4.37. The first kappa shape index (κ1) is 24.6. The number of carbonyl (C=O) groups is 1. The number of hydrogen-bond acceptors (Lipinski definition) is 6. The molecule has 0 fully saturated rings. The second-order valence-corrected chi connectivity index (χ2v) is 10.4. The van der Waals surface area contributed by atoms with Crippen molar-refractivity contribution in [2.45, 2.75) is 32.6 Å². The van der Waals surface area contributed by atoms with Crippen molar-refractivity contribution in [3.05, 3.63) is 62.0 Å². The second-order valence-electron chi connectivity index (χ2n) is 8.70. The number of ether oxygens (including phenoxy) is 2. The molecule has 1 aromatic carbocycles. The highest BCUT2D eigenvalue weighted by molar-refractivity contribution is 9.11. The maximum absolute atomic E-state index is 13.4. The van der Waals surface area contributed by atoms with Crippen LogP contribution in [0.5, 0.6) is 5.75 Å². The predicted octanol–water partition coefficient (Wildman–Crippen LogP) is 5.16. The zero-order valence-corrected chi connectivity index (χ0v) is 21.7. The lowest BCUT2D eigenvalue weighted by molar-refractivity contribution is -0.118. The lowest BCUT2D eigenvalue weighted by atomic mass is 9.68. The molecule has 6 nitrogen and oxygen atoms in total. The molecule has 0 radical (unpaired) electrons. The van der Waals surface area contributed by atoms with E-state index >= 15 is 0 Å². The summed E-state index contributed by atoms with van der Waals surface area (Å²) in [5.74, 6) is 0.506. The number of rotatable bonds is 7. The second kappa shape index (κ2) is 9.82. The van der Waals surface area contributed by atoms with Gasteiger partial charge in [-0.15, -0.1) is 0 Å². The van der Waals surface area contributed by atoms with Crippen LogP contribution in [0.3, 0.4) is 0 Å². The Balaban J connectivity index is 2.21. The maximum Gasteiger partial charge on any atom is 0.162 e. The van der Waals surface area contributed by atoms with Gasteiger partial charge in [-0.3, -0.25) is 4.79 Å². The number of nitrogens with two attached hydrogens (primary N) is 1. The van der Waals surface area contributed by atoms with Crippen molar-refractivity contribution in [2.75, 3.05) is 26.9 Å². The number of allylic oxidation sites excluding steroid dienone is 3. The fraction of sp³-hybridized carbons (Fsp3) is 0.417. The minimum atomic E-state index is -0.543. The number of hydrogen-bond donors (Lipinski definition) is 1. The molecule has 0 bridgehead atoms. The van der Waals surface area contributed by atoms with E-state index in [0.29, 0.717) is 64.3 Å². The summed E-state index contributed by atoms with van der Waals surface area (Å²) < 4.78 is 12.4. The normalized spacial score (nSPS) is 20.2. The Labute approximate surface area is 206 Å². The third kappa shape index (κ3) is 4.66. The molecule has 3 rings (SSSR count). The molecule has 0 amide bonds. The largest absolute Gasteiger partial charge is 0.487 e. The maximum atomic E-state index is 13.4. The van der Waals surface area contributed by atoms with Crippen LogP contribution in [0.4, 0.5) is 0 Å². The molecule has 0 unspecified atom stereocenters. The predicted molar refractivity (Wildman–Crippen MR) is 131 cm³/mol. The van der Waals surface area contributed by atoms with E-state index in [9.17, 15) is 10.1 Å². The summed E-state index contributed by atoms with van der Waals surface area (Å²) in [5, 5.41) is 10.1. The number of methoxy groups -OCH3 is 1. The van der Waals surface area contributed by atoms with E-state index in [2.05, 4.69) is 58.4 Å². The van der Waals surface area contributed by atoms with Crippen LogP contribution in [0, 0.1) is 16.7 Å². The highest BCUT2D eigenvalue weighted by Crippen LogP contribution is 2.50. The minimum Gasteiger partial charge on any atom is -0.487 e. The Morgan fingerprint density at radius 3 is 2.56 bits per heavy atom. The van der Waals surface area contributed by atoms with E-state index in [0.717, 1.165) is 11.3 Å². The number of nitriles is 1. The van der Waals surface area contributed by atoms with Crippen LogP contribution in [0.1, 0.15) is 38.2 Å². The number of halogens is 2. The Morgan fingerprint density at radius 2 is 2.00 bits per heavy atom. The molecule has 0 saturated carbocycles. The zero-order chi connectivity index (χ0) is 23.6. The third-order valence-corrected chi connectivity index (χ3v) is 6.88. The van der Waals surface area contributed by atoms with E-state index in [1.807, 2.05) is 17.0 Å². The van der Waals surface area contributed by atoms with Gasteiger partial charge in [0.15, 0.2) is 5.78 Å². The van der Waals surface area contributed by atoms with Crippen LogP contribution in [-0.2, 0) is 9.53 Å². The van der Waals surface area contributed by atoms with E-state index in [1.165, 1.54) is 0 Å². The molecule has 0 aromatic heterocycles. The van der Waals surface area contributed by atoms with Crippen molar-refractivity contribution in [3.8, 4) is 11.8 Å². The summed E-state index contributed by atoms with van der Waals surface area (Å²) in [7, 11) is 1.62. The summed E-state index contributed by atoms with van der Waals surface area (Å²) in [4.78, 5) is 15.3. The van der Waals surface area contributed by atoms with Crippen LogP contribution < -0.4 is 10.5 Å². The van der Waals surface area contributed by atoms with Crippen LogP contribution in [0.2, 0.25) is 0 Å². The van der Waals surface area contributed by atoms with Crippen molar-refractivity contribution < 1.29 is 14.3 Å². The van der Waals surface area contributed by atoms with Crippen LogP contribution in [0.15, 0.2) is 56.4 Å². The van der Waals surface area contributed by atoms with Crippen molar-refractivity contribution >= 4 is 37.6 Å². The Bertz CT molecular complexity index is 1030. The average molecular weight is 565 g/mol. The molecule has 0 spiro atoms. The molecule has 32 heavy (non-hydrogen) atoms. The molecule has 1 aromatic rings. The van der Waals surface area contributed by atoms with Crippen LogP contribution in [0.25, 0.3) is 0 Å². The van der Waals surface area contributed by atoms with E-state index in [4.69, 9.17) is 15.2 Å². The van der Waals surface area contributed by atoms with Gasteiger partial charge < -0.3 is 20.1 Å². The van der Waals surface area contributed by atoms with Gasteiger partial charge in [-0.05, 0) is 61.4 Å². The minimum absolute atomic E-state index is 0.0446. The van der Waals surface area contributed by atoms with Crippen LogP contribution in [-0.4, -0.2) is 37.6 Å². The molecule has 1 heterocycles. The van der Waals surface area contributed by atoms with Gasteiger partial charge in [0.2, 0.25) is 0 Å². The van der Waals surface area contributed by atoms with Gasteiger partial charge in [-0.25, -0.2) is 0 Å². The highest BCUT2D eigenvalue weighted by atomic mass is 79.9. The van der Waals surface area contributed by atoms with Gasteiger partial charge in [-0.1, -0.05) is 26.5 Å². The number of nitrogens with zero attached hydrogens (tertiary/aromatic N) is 2. The summed E-state index contributed by atoms with van der Waals surface area (Å²) in [5.41, 5.74) is 9.02. The number of benzene rings is 1. The van der Waals surface area contributed by atoms with Crippen molar-refractivity contribution in [1.29, 1.82) is 5.26 Å². The molecule has 0 saturated heterocycles. The van der Waals surface area contributed by atoms with Crippen molar-refractivity contribution in [1.82, 2.24) is 4.90 Å². The summed E-state index contributed by atoms with van der Waals surface area (Å²) in [6.45, 7) is 9.10. The highest BCUT2D eigenvalue weighted by Gasteiger charge is 2.44. The van der Waals surface area contributed by atoms with Gasteiger partial charge in [0.25, 0.3) is 0 Å². The lowest BCUT2D eigenvalue weighted by Crippen LogP contribution is -2.43. The standard InChI is InChI=1S/C24H27Br2N3O3/c1-5-7-32-22-16(25)9-14(10-17(22)26)20-15(13-27)23(28)29(6-8-31-4)18-11-24(2,3)12-19(30)21(18)20/h5,9-10,20H,1,6-8,11-12,28H2,2-4H3/t20-/m0/s1. The summed E-state index contributed by atoms with van der Waals surface area (Å²) in [6.07, 6.45) is 2.78. The smallest absolute Gasteiger partial charge is 0.162 e. The van der Waals surface area contributed by atoms with Gasteiger partial charge in [-0.2, -0.15) is 5.26 Å². The molecule has 170 valence electrons. The molecule has 1 atom stereocenters. The molecule has 2 aliphatic rings. The van der Waals surface area contributed by atoms with Crippen LogP contribution >= 0.6 is 31.9 Å². The Morgan fingerprint density at radius 1 is 1.34 bits per heavy atom. The first-order valence-electron chi connectivity index (χ1n) is 10.3. The number of carbonyl (C=O) groups excluding carboxylic acids is 1. The van der Waals surface area contributed by atoms with Gasteiger partial charge >= 0.3 is 0 Å². The van der Waals surface area contributed by atoms with Crippen molar-refractivity contribution in [2.24, 2.45) is 11.1 Å². The SMILES string of the molecule is C=CCOc1c(Br)cc([C@H]2C(C#N)=C(N)N(CCOC)C3=C2C(=O)CC(C)(C)C3)cc1Br. The first-order valence-corrected chi connectivity index (χ1v) is 11.9. The number of ketones is 1. The van der Waals surface area contributed by atoms with E-state index in [-0.39, 0.29) is 11.2 Å². The first-order chi connectivity index (χ1) is 15.1. The van der Waals surface area contributed by atoms with Gasteiger partial charge in [0, 0.05) is 31.3 Å². The summed E-state index contributed by atoms with van der Waals surface area (Å²) in [6, 6.07) is 6.06. The van der Waals surface area contributed by atoms with E-state index < -0.39 is 5.92 Å². The zero-order valence-electron chi connectivity index (χ0n) is 18.5. The molecule has 2 N–H and O–H groups in total. The van der Waals surface area contributed by atoms with E-state index in [1.54, 1.807) is 13.2 Å². The molecule has 1 aliphatic carbocycles. The Hall–Kier alpha value is -2.08. The monoisotopic (exact) mass is 563 g/mol. The molecular weight excluding hydrogens is 538 g/mol. The summed E-state index contributed by atoms with van der Waals surface area (Å²) >= 11 is 7.14. The van der Waals surface area contributed by atoms with Gasteiger partial charge in [0.05, 0.1) is 33.1 Å². The van der Waals surface area contributed by atoms with Crippen molar-refractivity contribution in [3.63, 3.8) is 0 Å². The molecule has 1 aliphatic heterocycles. The quantitative estimate of drug-likeness (QED) is 0.460. The lowest BCUT2D eigenvalue weighted by Gasteiger charge is -2.43. The molecular formula is C24H27Br2N3O3. The number of Topliss-reactive ketones (excluding diaryl/α,β-unsaturated/α-hetero) is 1. The Kier molecular flexibility index (Phi) is 7.53. The third-order valence-electron chi connectivity index (χ3n) is 5.71. The average Bonchev–Trinajstić information content (AvgIpc) is 2.71. The van der Waals surface area contributed by atoms with Gasteiger partial charge in [0.1, 0.15) is 18.2 Å². The molecule has 8 heteroatoms.